The van der Waals surface area contributed by atoms with Crippen molar-refractivity contribution in [3.63, 3.8) is 0 Å². The van der Waals surface area contributed by atoms with Crippen LogP contribution in [0.15, 0.2) is 0 Å². The van der Waals surface area contributed by atoms with Gasteiger partial charge >= 0.3 is 5.97 Å². The lowest BCUT2D eigenvalue weighted by atomic mass is 10.1. The predicted molar refractivity (Wildman–Crippen MR) is 65.7 cm³/mol. The number of nitrogens with one attached hydrogen (secondary N) is 1. The zero-order chi connectivity index (χ0) is 13.2. The van der Waals surface area contributed by atoms with Gasteiger partial charge in [0.1, 0.15) is 6.04 Å². The number of carbonyl (C=O) groups excluding carboxylic acids is 1. The SMILES string of the molecule is COC(=O)[C@H](C)NC(C)c1c(C)nn(C)c1C. The van der Waals surface area contributed by atoms with Gasteiger partial charge in [-0.2, -0.15) is 5.10 Å². The summed E-state index contributed by atoms with van der Waals surface area (Å²) < 4.78 is 6.55. The fourth-order valence-electron chi connectivity index (χ4n) is 2.12. The fourth-order valence-corrected chi connectivity index (χ4v) is 2.12. The van der Waals surface area contributed by atoms with Crippen molar-refractivity contribution >= 4 is 5.97 Å². The van der Waals surface area contributed by atoms with Crippen molar-refractivity contribution in [2.24, 2.45) is 7.05 Å². The summed E-state index contributed by atoms with van der Waals surface area (Å²) in [6.07, 6.45) is 0. The van der Waals surface area contributed by atoms with Crippen molar-refractivity contribution < 1.29 is 9.53 Å². The number of hydrogen-bond acceptors (Lipinski definition) is 4. The predicted octanol–water partition coefficient (Wildman–Crippen LogP) is 1.25. The molecule has 0 aliphatic carbocycles. The quantitative estimate of drug-likeness (QED) is 0.803. The highest BCUT2D eigenvalue weighted by Gasteiger charge is 2.21. The van der Waals surface area contributed by atoms with E-state index in [9.17, 15) is 4.79 Å². The van der Waals surface area contributed by atoms with Gasteiger partial charge in [-0.1, -0.05) is 0 Å². The second kappa shape index (κ2) is 5.31. The van der Waals surface area contributed by atoms with Gasteiger partial charge < -0.3 is 4.74 Å². The van der Waals surface area contributed by atoms with Crippen LogP contribution in [-0.2, 0) is 16.6 Å². The molecule has 0 amide bonds. The van der Waals surface area contributed by atoms with Crippen molar-refractivity contribution in [3.8, 4) is 0 Å². The smallest absolute Gasteiger partial charge is 0.322 e. The molecular weight excluding hydrogens is 218 g/mol. The minimum absolute atomic E-state index is 0.0674. The Kier molecular flexibility index (Phi) is 4.28. The summed E-state index contributed by atoms with van der Waals surface area (Å²) in [6.45, 7) is 7.82. The summed E-state index contributed by atoms with van der Waals surface area (Å²) in [4.78, 5) is 11.3. The molecule has 0 aromatic carbocycles. The third-order valence-electron chi connectivity index (χ3n) is 3.05. The molecule has 0 aliphatic rings. The fraction of sp³-hybridized carbons (Fsp3) is 0.667. The van der Waals surface area contributed by atoms with Crippen LogP contribution in [0.25, 0.3) is 0 Å². The molecule has 5 heteroatoms. The number of esters is 1. The van der Waals surface area contributed by atoms with E-state index in [0.29, 0.717) is 0 Å². The Morgan fingerprint density at radius 2 is 2.00 bits per heavy atom. The van der Waals surface area contributed by atoms with E-state index >= 15 is 0 Å². The van der Waals surface area contributed by atoms with Gasteiger partial charge in [0, 0.05) is 24.3 Å². The molecular formula is C12H21N3O2. The maximum atomic E-state index is 11.3. The number of ether oxygens (including phenoxy) is 1. The number of rotatable bonds is 4. The highest BCUT2D eigenvalue weighted by Crippen LogP contribution is 2.21. The molecule has 1 aromatic rings. The highest BCUT2D eigenvalue weighted by molar-refractivity contribution is 5.75. The molecule has 1 N–H and O–H groups in total. The monoisotopic (exact) mass is 239 g/mol. The van der Waals surface area contributed by atoms with Gasteiger partial charge in [-0.3, -0.25) is 14.8 Å². The van der Waals surface area contributed by atoms with E-state index in [1.54, 1.807) is 6.92 Å². The summed E-state index contributed by atoms with van der Waals surface area (Å²) >= 11 is 0. The van der Waals surface area contributed by atoms with Crippen LogP contribution in [0.5, 0.6) is 0 Å². The molecule has 1 unspecified atom stereocenters. The zero-order valence-corrected chi connectivity index (χ0v) is 11.4. The first-order valence-electron chi connectivity index (χ1n) is 5.72. The molecule has 1 rings (SSSR count). The molecule has 0 aliphatic heterocycles. The van der Waals surface area contributed by atoms with E-state index in [-0.39, 0.29) is 18.1 Å². The van der Waals surface area contributed by atoms with Gasteiger partial charge in [-0.05, 0) is 27.7 Å². The van der Waals surface area contributed by atoms with Gasteiger partial charge in [0.05, 0.1) is 12.8 Å². The Labute approximate surface area is 102 Å². The van der Waals surface area contributed by atoms with E-state index in [0.717, 1.165) is 17.0 Å². The Morgan fingerprint density at radius 1 is 1.41 bits per heavy atom. The van der Waals surface area contributed by atoms with E-state index < -0.39 is 0 Å². The molecule has 1 heterocycles. The Bertz CT molecular complexity index is 412. The lowest BCUT2D eigenvalue weighted by Gasteiger charge is -2.18. The number of nitrogens with zero attached hydrogens (tertiary/aromatic N) is 2. The second-order valence-corrected chi connectivity index (χ2v) is 4.34. The summed E-state index contributed by atoms with van der Waals surface area (Å²) in [5, 5.41) is 7.58. The molecule has 17 heavy (non-hydrogen) atoms. The van der Waals surface area contributed by atoms with Crippen LogP contribution in [-0.4, -0.2) is 28.9 Å². The third kappa shape index (κ3) is 2.85. The Morgan fingerprint density at radius 3 is 2.41 bits per heavy atom. The average molecular weight is 239 g/mol. The first kappa shape index (κ1) is 13.7. The number of aryl methyl sites for hydroxylation is 2. The first-order chi connectivity index (χ1) is 7.88. The van der Waals surface area contributed by atoms with Gasteiger partial charge in [0.15, 0.2) is 0 Å². The van der Waals surface area contributed by atoms with Crippen molar-refractivity contribution in [1.29, 1.82) is 0 Å². The van der Waals surface area contributed by atoms with Crippen molar-refractivity contribution in [1.82, 2.24) is 15.1 Å². The van der Waals surface area contributed by atoms with Crippen LogP contribution in [0.3, 0.4) is 0 Å². The first-order valence-corrected chi connectivity index (χ1v) is 5.72. The standard InChI is InChI=1S/C12H21N3O2/c1-7(13-9(3)12(16)17-6)11-8(2)14-15(5)10(11)4/h7,9,13H,1-6H3/t7?,9-/m0/s1. The molecule has 0 fully saturated rings. The van der Waals surface area contributed by atoms with E-state index in [2.05, 4.69) is 10.4 Å². The number of hydrogen-bond donors (Lipinski definition) is 1. The lowest BCUT2D eigenvalue weighted by molar-refractivity contribution is -0.142. The summed E-state index contributed by atoms with van der Waals surface area (Å²) in [7, 11) is 3.31. The average Bonchev–Trinajstić information content (AvgIpc) is 2.51. The van der Waals surface area contributed by atoms with E-state index in [1.165, 1.54) is 7.11 Å². The molecule has 0 radical (unpaired) electrons. The van der Waals surface area contributed by atoms with Gasteiger partial charge in [-0.25, -0.2) is 0 Å². The van der Waals surface area contributed by atoms with Gasteiger partial charge in [0.25, 0.3) is 0 Å². The van der Waals surface area contributed by atoms with Crippen LogP contribution in [0.4, 0.5) is 0 Å². The summed E-state index contributed by atoms with van der Waals surface area (Å²) in [6, 6.07) is -0.258. The molecule has 1 aromatic heterocycles. The Hall–Kier alpha value is -1.36. The van der Waals surface area contributed by atoms with Gasteiger partial charge in [0.2, 0.25) is 0 Å². The molecule has 0 spiro atoms. The van der Waals surface area contributed by atoms with Crippen molar-refractivity contribution in [2.45, 2.75) is 39.8 Å². The van der Waals surface area contributed by atoms with Crippen molar-refractivity contribution in [2.75, 3.05) is 7.11 Å². The molecule has 2 atom stereocenters. The Balaban J connectivity index is 2.83. The molecule has 5 nitrogen and oxygen atoms in total. The topological polar surface area (TPSA) is 56.1 Å². The number of carbonyl (C=O) groups is 1. The minimum Gasteiger partial charge on any atom is -0.468 e. The summed E-state index contributed by atoms with van der Waals surface area (Å²) in [5.74, 6) is -0.254. The van der Waals surface area contributed by atoms with E-state index in [4.69, 9.17) is 4.74 Å². The molecule has 0 saturated carbocycles. The third-order valence-corrected chi connectivity index (χ3v) is 3.05. The maximum absolute atomic E-state index is 11.3. The van der Waals surface area contributed by atoms with Crippen LogP contribution < -0.4 is 5.32 Å². The minimum atomic E-state index is -0.325. The van der Waals surface area contributed by atoms with Crippen molar-refractivity contribution in [3.05, 3.63) is 17.0 Å². The van der Waals surface area contributed by atoms with Crippen LogP contribution >= 0.6 is 0 Å². The highest BCUT2D eigenvalue weighted by atomic mass is 16.5. The normalized spacial score (nSPS) is 14.5. The zero-order valence-electron chi connectivity index (χ0n) is 11.4. The number of methoxy groups -OCH3 is 1. The largest absolute Gasteiger partial charge is 0.468 e. The number of aromatic nitrogens is 2. The van der Waals surface area contributed by atoms with Gasteiger partial charge in [-0.15, -0.1) is 0 Å². The summed E-state index contributed by atoms with van der Waals surface area (Å²) in [5.41, 5.74) is 3.24. The molecule has 96 valence electrons. The van der Waals surface area contributed by atoms with Crippen LogP contribution in [0.1, 0.15) is 36.8 Å². The molecule has 0 saturated heterocycles. The van der Waals surface area contributed by atoms with Crippen LogP contribution in [0, 0.1) is 13.8 Å². The van der Waals surface area contributed by atoms with Crippen LogP contribution in [0.2, 0.25) is 0 Å². The lowest BCUT2D eigenvalue weighted by Crippen LogP contribution is -2.36. The van der Waals surface area contributed by atoms with E-state index in [1.807, 2.05) is 32.5 Å². The maximum Gasteiger partial charge on any atom is 0.322 e. The molecule has 0 bridgehead atoms. The second-order valence-electron chi connectivity index (χ2n) is 4.34.